The van der Waals surface area contributed by atoms with Crippen molar-refractivity contribution in [2.24, 2.45) is 0 Å². The number of aliphatic hydroxyl groups is 2. The fourth-order valence-corrected chi connectivity index (χ4v) is 2.30. The van der Waals surface area contributed by atoms with E-state index in [1.807, 2.05) is 0 Å². The van der Waals surface area contributed by atoms with Crippen molar-refractivity contribution < 1.29 is 14.9 Å². The number of nitrogens with zero attached hydrogens (tertiary/aromatic N) is 1. The highest BCUT2D eigenvalue weighted by molar-refractivity contribution is 6.30. The van der Waals surface area contributed by atoms with Gasteiger partial charge in [0, 0.05) is 24.7 Å². The van der Waals surface area contributed by atoms with Crippen molar-refractivity contribution in [1.82, 2.24) is 4.90 Å². The van der Waals surface area contributed by atoms with Gasteiger partial charge in [-0.05, 0) is 37.1 Å². The van der Waals surface area contributed by atoms with E-state index in [4.69, 9.17) is 16.3 Å². The quantitative estimate of drug-likeness (QED) is 0.862. The van der Waals surface area contributed by atoms with Gasteiger partial charge < -0.3 is 19.8 Å². The minimum Gasteiger partial charge on any atom is -0.491 e. The molecule has 1 aromatic rings. The Morgan fingerprint density at radius 2 is 1.89 bits per heavy atom. The molecule has 0 bridgehead atoms. The Bertz CT molecular complexity index is 377. The van der Waals surface area contributed by atoms with Crippen LogP contribution >= 0.6 is 11.6 Å². The summed E-state index contributed by atoms with van der Waals surface area (Å²) in [7, 11) is 0. The van der Waals surface area contributed by atoms with E-state index < -0.39 is 6.10 Å². The number of aliphatic hydroxyl groups excluding tert-OH is 2. The Balaban J connectivity index is 1.69. The summed E-state index contributed by atoms with van der Waals surface area (Å²) in [5.41, 5.74) is 0. The zero-order valence-electron chi connectivity index (χ0n) is 10.8. The predicted octanol–water partition coefficient (Wildman–Crippen LogP) is 1.54. The van der Waals surface area contributed by atoms with Crippen LogP contribution in [0.25, 0.3) is 0 Å². The third-order valence-electron chi connectivity index (χ3n) is 3.28. The van der Waals surface area contributed by atoms with E-state index in [2.05, 4.69) is 4.90 Å². The van der Waals surface area contributed by atoms with Gasteiger partial charge in [0.05, 0.1) is 6.10 Å². The number of hydrogen-bond donors (Lipinski definition) is 2. The van der Waals surface area contributed by atoms with E-state index in [9.17, 15) is 10.2 Å². The third kappa shape index (κ3) is 4.99. The fraction of sp³-hybridized carbons (Fsp3) is 0.571. The largest absolute Gasteiger partial charge is 0.491 e. The van der Waals surface area contributed by atoms with Crippen molar-refractivity contribution >= 4 is 11.6 Å². The molecule has 5 heteroatoms. The van der Waals surface area contributed by atoms with Gasteiger partial charge in [-0.25, -0.2) is 0 Å². The Morgan fingerprint density at radius 1 is 1.26 bits per heavy atom. The summed E-state index contributed by atoms with van der Waals surface area (Å²) in [6.45, 7) is 2.51. The molecule has 0 aromatic heterocycles. The molecule has 1 aliphatic heterocycles. The highest BCUT2D eigenvalue weighted by Gasteiger charge is 2.19. The van der Waals surface area contributed by atoms with E-state index in [-0.39, 0.29) is 12.7 Å². The molecule has 0 saturated carbocycles. The number of halogens is 1. The topological polar surface area (TPSA) is 52.9 Å². The molecule has 1 aliphatic rings. The Labute approximate surface area is 118 Å². The summed E-state index contributed by atoms with van der Waals surface area (Å²) < 4.78 is 5.50. The molecule has 0 radical (unpaired) electrons. The van der Waals surface area contributed by atoms with Crippen LogP contribution in [0.3, 0.4) is 0 Å². The second kappa shape index (κ2) is 7.10. The second-order valence-electron chi connectivity index (χ2n) is 4.95. The first-order valence-electron chi connectivity index (χ1n) is 6.60. The molecule has 19 heavy (non-hydrogen) atoms. The highest BCUT2D eigenvalue weighted by atomic mass is 35.5. The molecule has 106 valence electrons. The Hall–Kier alpha value is -0.810. The van der Waals surface area contributed by atoms with Gasteiger partial charge in [0.15, 0.2) is 0 Å². The van der Waals surface area contributed by atoms with Gasteiger partial charge in [0.25, 0.3) is 0 Å². The average Bonchev–Trinajstić information content (AvgIpc) is 2.41. The average molecular weight is 286 g/mol. The summed E-state index contributed by atoms with van der Waals surface area (Å²) >= 11 is 5.78. The van der Waals surface area contributed by atoms with Crippen LogP contribution < -0.4 is 4.74 Å². The molecule has 4 nitrogen and oxygen atoms in total. The zero-order valence-corrected chi connectivity index (χ0v) is 11.6. The van der Waals surface area contributed by atoms with Crippen LogP contribution in [0.2, 0.25) is 5.02 Å². The van der Waals surface area contributed by atoms with Crippen LogP contribution in [-0.4, -0.2) is 53.6 Å². The molecule has 0 unspecified atom stereocenters. The standard InChI is InChI=1S/C14H20ClNO3/c15-11-1-3-14(4-2-11)19-10-13(18)9-16-7-5-12(17)6-8-16/h1-4,12-13,17-18H,5-10H2/t13-/m1/s1. The summed E-state index contributed by atoms with van der Waals surface area (Å²) in [6.07, 6.45) is 0.861. The van der Waals surface area contributed by atoms with Gasteiger partial charge in [-0.3, -0.25) is 0 Å². The normalized spacial score (nSPS) is 19.3. The number of ether oxygens (including phenoxy) is 1. The molecule has 1 aromatic carbocycles. The van der Waals surface area contributed by atoms with Crippen LogP contribution in [0, 0.1) is 0 Å². The smallest absolute Gasteiger partial charge is 0.119 e. The Morgan fingerprint density at radius 3 is 2.53 bits per heavy atom. The summed E-state index contributed by atoms with van der Waals surface area (Å²) in [5.74, 6) is 0.706. The number of β-amino-alcohol motifs (C(OH)–C–C–N with tert-alkyl or cyclic N) is 1. The summed E-state index contributed by atoms with van der Waals surface area (Å²) in [4.78, 5) is 2.16. The minimum absolute atomic E-state index is 0.182. The second-order valence-corrected chi connectivity index (χ2v) is 5.39. The van der Waals surface area contributed by atoms with Crippen molar-refractivity contribution in [3.63, 3.8) is 0 Å². The summed E-state index contributed by atoms with van der Waals surface area (Å²) in [6, 6.07) is 7.09. The van der Waals surface area contributed by atoms with E-state index in [1.165, 1.54) is 0 Å². The number of likely N-dealkylation sites (tertiary alicyclic amines) is 1. The summed E-state index contributed by atoms with van der Waals surface area (Å²) in [5, 5.41) is 20.0. The SMILES string of the molecule is OC1CCN(C[C@@H](O)COc2ccc(Cl)cc2)CC1. The molecule has 0 spiro atoms. The van der Waals surface area contributed by atoms with Crippen molar-refractivity contribution in [3.05, 3.63) is 29.3 Å². The lowest BCUT2D eigenvalue weighted by atomic mass is 10.1. The van der Waals surface area contributed by atoms with Crippen LogP contribution in [0.4, 0.5) is 0 Å². The van der Waals surface area contributed by atoms with Gasteiger partial charge in [-0.15, -0.1) is 0 Å². The van der Waals surface area contributed by atoms with Gasteiger partial charge >= 0.3 is 0 Å². The third-order valence-corrected chi connectivity index (χ3v) is 3.53. The Kier molecular flexibility index (Phi) is 5.45. The van der Waals surface area contributed by atoms with Crippen LogP contribution in [0.5, 0.6) is 5.75 Å². The lowest BCUT2D eigenvalue weighted by molar-refractivity contribution is 0.0338. The lowest BCUT2D eigenvalue weighted by Crippen LogP contribution is -2.41. The van der Waals surface area contributed by atoms with Gasteiger partial charge in [0.1, 0.15) is 18.5 Å². The van der Waals surface area contributed by atoms with Crippen molar-refractivity contribution in [1.29, 1.82) is 0 Å². The van der Waals surface area contributed by atoms with Crippen molar-refractivity contribution in [2.75, 3.05) is 26.2 Å². The van der Waals surface area contributed by atoms with E-state index in [0.717, 1.165) is 25.9 Å². The molecule has 1 atom stereocenters. The first-order valence-corrected chi connectivity index (χ1v) is 6.98. The van der Waals surface area contributed by atoms with Gasteiger partial charge in [-0.1, -0.05) is 11.6 Å². The lowest BCUT2D eigenvalue weighted by Gasteiger charge is -2.30. The van der Waals surface area contributed by atoms with Crippen LogP contribution in [-0.2, 0) is 0 Å². The predicted molar refractivity (Wildman–Crippen MR) is 74.6 cm³/mol. The zero-order chi connectivity index (χ0) is 13.7. The highest BCUT2D eigenvalue weighted by Crippen LogP contribution is 2.16. The van der Waals surface area contributed by atoms with Gasteiger partial charge in [-0.2, -0.15) is 0 Å². The monoisotopic (exact) mass is 285 g/mol. The van der Waals surface area contributed by atoms with E-state index in [0.29, 0.717) is 17.3 Å². The maximum Gasteiger partial charge on any atom is 0.119 e. The molecular formula is C14H20ClNO3. The van der Waals surface area contributed by atoms with Gasteiger partial charge in [0.2, 0.25) is 0 Å². The first-order chi connectivity index (χ1) is 9.13. The van der Waals surface area contributed by atoms with Crippen molar-refractivity contribution in [2.45, 2.75) is 25.0 Å². The minimum atomic E-state index is -0.522. The van der Waals surface area contributed by atoms with Crippen LogP contribution in [0.15, 0.2) is 24.3 Å². The molecule has 0 aliphatic carbocycles. The van der Waals surface area contributed by atoms with E-state index in [1.54, 1.807) is 24.3 Å². The van der Waals surface area contributed by atoms with Crippen molar-refractivity contribution in [3.8, 4) is 5.75 Å². The fourth-order valence-electron chi connectivity index (χ4n) is 2.18. The maximum atomic E-state index is 9.93. The van der Waals surface area contributed by atoms with Crippen LogP contribution in [0.1, 0.15) is 12.8 Å². The number of benzene rings is 1. The number of piperidine rings is 1. The molecule has 1 heterocycles. The van der Waals surface area contributed by atoms with E-state index >= 15 is 0 Å². The number of rotatable bonds is 5. The molecule has 2 N–H and O–H groups in total. The molecule has 1 saturated heterocycles. The number of hydrogen-bond acceptors (Lipinski definition) is 4. The molecule has 0 amide bonds. The molecular weight excluding hydrogens is 266 g/mol. The maximum absolute atomic E-state index is 9.93. The first kappa shape index (κ1) is 14.6. The molecule has 1 fully saturated rings. The molecule has 2 rings (SSSR count).